The predicted octanol–water partition coefficient (Wildman–Crippen LogP) is 13.0. The summed E-state index contributed by atoms with van der Waals surface area (Å²) < 4.78 is 0. The van der Waals surface area contributed by atoms with Gasteiger partial charge in [-0.25, -0.2) is 0 Å². The summed E-state index contributed by atoms with van der Waals surface area (Å²) in [5, 5.41) is 10.3. The van der Waals surface area contributed by atoms with Crippen LogP contribution in [0.4, 0.5) is 0 Å². The number of unbranched alkanes of at least 4 members (excludes halogenated alkanes) is 31. The first kappa shape index (κ1) is 54.3. The summed E-state index contributed by atoms with van der Waals surface area (Å²) in [6.45, 7) is 14.5. The van der Waals surface area contributed by atoms with E-state index in [1.54, 1.807) is 0 Å². The molecule has 0 aliphatic carbocycles. The van der Waals surface area contributed by atoms with E-state index in [4.69, 9.17) is 5.73 Å². The molecule has 0 radical (unpaired) electrons. The summed E-state index contributed by atoms with van der Waals surface area (Å²) in [5.41, 5.74) is 5.55. The van der Waals surface area contributed by atoms with Crippen molar-refractivity contribution >= 4 is 5.91 Å². The highest BCUT2D eigenvalue weighted by Crippen LogP contribution is 2.16. The first-order valence-corrected chi connectivity index (χ1v) is 25.3. The number of hydrogen-bond acceptors (Lipinski definition) is 5. The monoisotopic (exact) mass is 778 g/mol. The van der Waals surface area contributed by atoms with Gasteiger partial charge >= 0.3 is 0 Å². The Morgan fingerprint density at radius 2 is 0.691 bits per heavy atom. The zero-order valence-electron chi connectivity index (χ0n) is 38.1. The van der Waals surface area contributed by atoms with Gasteiger partial charge in [-0.05, 0) is 91.3 Å². The van der Waals surface area contributed by atoms with Crippen molar-refractivity contribution in [2.45, 2.75) is 258 Å². The first-order chi connectivity index (χ1) is 27.2. The van der Waals surface area contributed by atoms with E-state index in [0.29, 0.717) is 0 Å². The maximum absolute atomic E-state index is 13.2. The Morgan fingerprint density at radius 1 is 0.400 bits per heavy atom. The molecule has 0 aromatic rings. The van der Waals surface area contributed by atoms with E-state index in [2.05, 4.69) is 41.6 Å². The van der Waals surface area contributed by atoms with Crippen LogP contribution in [0, 0.1) is 0 Å². The fourth-order valence-electron chi connectivity index (χ4n) is 7.94. The normalized spacial score (nSPS) is 12.2. The molecule has 0 aliphatic rings. The minimum Gasteiger partial charge on any atom is -0.355 e. The van der Waals surface area contributed by atoms with Gasteiger partial charge in [0.15, 0.2) is 0 Å². The smallest absolute Gasteiger partial charge is 0.237 e. The lowest BCUT2D eigenvalue weighted by molar-refractivity contribution is -0.126. The van der Waals surface area contributed by atoms with Crippen molar-refractivity contribution < 1.29 is 4.79 Å². The fourth-order valence-corrected chi connectivity index (χ4v) is 7.94. The van der Waals surface area contributed by atoms with E-state index in [-0.39, 0.29) is 11.9 Å². The Balaban J connectivity index is 4.19. The zero-order valence-corrected chi connectivity index (χ0v) is 38.1. The van der Waals surface area contributed by atoms with E-state index in [1.807, 2.05) is 0 Å². The molecule has 1 atom stereocenters. The number of nitrogens with two attached hydrogens (primary N) is 1. The van der Waals surface area contributed by atoms with Crippen molar-refractivity contribution in [1.82, 2.24) is 20.9 Å². The van der Waals surface area contributed by atoms with E-state index >= 15 is 0 Å². The lowest BCUT2D eigenvalue weighted by Gasteiger charge is -2.28. The molecule has 0 aromatic carbocycles. The topological polar surface area (TPSA) is 82.4 Å². The van der Waals surface area contributed by atoms with Crippen LogP contribution in [0.25, 0.3) is 0 Å². The van der Waals surface area contributed by atoms with Crippen LogP contribution in [0.5, 0.6) is 0 Å². The molecule has 6 heteroatoms. The Kier molecular flexibility index (Phi) is 47.1. The van der Waals surface area contributed by atoms with Gasteiger partial charge in [0.1, 0.15) is 0 Å². The number of rotatable bonds is 48. The zero-order chi connectivity index (χ0) is 40.0. The van der Waals surface area contributed by atoms with Crippen LogP contribution < -0.4 is 21.7 Å². The maximum atomic E-state index is 13.2. The van der Waals surface area contributed by atoms with Crippen LogP contribution in [-0.2, 0) is 4.79 Å². The van der Waals surface area contributed by atoms with Gasteiger partial charge in [-0.3, -0.25) is 9.69 Å². The summed E-state index contributed by atoms with van der Waals surface area (Å²) in [4.78, 5) is 15.7. The predicted molar refractivity (Wildman–Crippen MR) is 246 cm³/mol. The van der Waals surface area contributed by atoms with Gasteiger partial charge in [0.25, 0.3) is 0 Å². The molecule has 6 nitrogen and oxygen atoms in total. The fraction of sp³-hybridized carbons (Fsp3) is 0.980. The summed E-state index contributed by atoms with van der Waals surface area (Å²) in [6.07, 6.45) is 49.2. The summed E-state index contributed by atoms with van der Waals surface area (Å²) in [7, 11) is 0. The van der Waals surface area contributed by atoms with E-state index in [1.165, 1.54) is 218 Å². The second-order valence-corrected chi connectivity index (χ2v) is 17.3. The molecule has 0 heterocycles. The number of hydrogen-bond donors (Lipinski definition) is 4. The van der Waals surface area contributed by atoms with Crippen LogP contribution >= 0.6 is 0 Å². The van der Waals surface area contributed by atoms with Crippen LogP contribution in [0.1, 0.15) is 252 Å². The van der Waals surface area contributed by atoms with E-state index in [9.17, 15) is 4.79 Å². The molecule has 0 spiro atoms. The Hall–Kier alpha value is -0.690. The summed E-state index contributed by atoms with van der Waals surface area (Å²) >= 11 is 0. The summed E-state index contributed by atoms with van der Waals surface area (Å²) in [5.74, 6) is 0.219. The van der Waals surface area contributed by atoms with Crippen molar-refractivity contribution in [3.8, 4) is 0 Å². The van der Waals surface area contributed by atoms with Gasteiger partial charge in [-0.1, -0.05) is 206 Å². The Bertz CT molecular complexity index is 685. The molecule has 330 valence electrons. The lowest BCUT2D eigenvalue weighted by atomic mass is 10.0. The lowest BCUT2D eigenvalue weighted by Crippen LogP contribution is -2.46. The molecule has 0 aliphatic heterocycles. The van der Waals surface area contributed by atoms with Crippen LogP contribution in [0.3, 0.4) is 0 Å². The molecule has 0 fully saturated rings. The van der Waals surface area contributed by atoms with Gasteiger partial charge in [0.2, 0.25) is 5.91 Å². The van der Waals surface area contributed by atoms with Crippen molar-refractivity contribution in [2.24, 2.45) is 5.73 Å². The molecule has 1 amide bonds. The van der Waals surface area contributed by atoms with Crippen LogP contribution in [0.15, 0.2) is 0 Å². The van der Waals surface area contributed by atoms with Gasteiger partial charge in [0, 0.05) is 6.54 Å². The molecule has 5 N–H and O–H groups in total. The van der Waals surface area contributed by atoms with Crippen molar-refractivity contribution in [2.75, 3.05) is 52.4 Å². The Morgan fingerprint density at radius 3 is 1.02 bits per heavy atom. The maximum Gasteiger partial charge on any atom is 0.237 e. The molecule has 0 saturated heterocycles. The van der Waals surface area contributed by atoms with Crippen molar-refractivity contribution in [3.63, 3.8) is 0 Å². The van der Waals surface area contributed by atoms with Crippen molar-refractivity contribution in [3.05, 3.63) is 0 Å². The minimum atomic E-state index is -0.0348. The number of nitrogens with zero attached hydrogens (tertiary/aromatic N) is 1. The van der Waals surface area contributed by atoms with Crippen LogP contribution in [-0.4, -0.2) is 69.2 Å². The van der Waals surface area contributed by atoms with Crippen LogP contribution in [0.2, 0.25) is 0 Å². The number of carbonyl (C=O) groups excluding carboxylic acids is 1. The molecular weight excluding hydrogens is 675 g/mol. The SMILES string of the molecule is CCCCCCCCCCCCCCCCCCN(CCCCCCCCCCCCCCCCCC)[C@@H](C)C(=O)NCCCNCCCCNCCCN. The average Bonchev–Trinajstić information content (AvgIpc) is 3.19. The number of carbonyl (C=O) groups is 1. The standard InChI is InChI=1S/C49H103N5O/c1-4-6-8-10-12-14-16-18-20-22-24-26-28-30-32-36-46-54(47-37-33-31-29-27-25-23-21-19-17-15-13-11-9-7-5-2)48(3)49(55)53-45-39-44-52-42-35-34-41-51-43-38-40-50/h48,51-52H,4-47,50H2,1-3H3,(H,53,55)/t48-/m0/s1. The first-order valence-electron chi connectivity index (χ1n) is 25.3. The quantitative estimate of drug-likeness (QED) is 0.0463. The third-order valence-corrected chi connectivity index (χ3v) is 11.9. The van der Waals surface area contributed by atoms with Gasteiger partial charge < -0.3 is 21.7 Å². The molecule has 0 saturated carbocycles. The molecule has 0 bridgehead atoms. The van der Waals surface area contributed by atoms with E-state index < -0.39 is 0 Å². The number of nitrogens with one attached hydrogen (secondary N) is 3. The second-order valence-electron chi connectivity index (χ2n) is 17.3. The highest BCUT2D eigenvalue weighted by Gasteiger charge is 2.20. The highest BCUT2D eigenvalue weighted by molar-refractivity contribution is 5.81. The third kappa shape index (κ3) is 42.7. The molecule has 55 heavy (non-hydrogen) atoms. The largest absolute Gasteiger partial charge is 0.355 e. The summed E-state index contributed by atoms with van der Waals surface area (Å²) in [6, 6.07) is -0.0348. The van der Waals surface area contributed by atoms with E-state index in [0.717, 1.165) is 65.2 Å². The second kappa shape index (κ2) is 47.7. The highest BCUT2D eigenvalue weighted by atomic mass is 16.2. The molecule has 0 rings (SSSR count). The van der Waals surface area contributed by atoms with Crippen molar-refractivity contribution in [1.29, 1.82) is 0 Å². The van der Waals surface area contributed by atoms with Gasteiger partial charge in [0.05, 0.1) is 6.04 Å². The Labute approximate surface area is 346 Å². The molecular formula is C49H103N5O. The van der Waals surface area contributed by atoms with Gasteiger partial charge in [-0.15, -0.1) is 0 Å². The number of amides is 1. The molecule has 0 unspecified atom stereocenters. The average molecular weight is 778 g/mol. The minimum absolute atomic E-state index is 0.0348. The third-order valence-electron chi connectivity index (χ3n) is 11.9. The van der Waals surface area contributed by atoms with Gasteiger partial charge in [-0.2, -0.15) is 0 Å². The molecule has 0 aromatic heterocycles.